The first kappa shape index (κ1) is 12.1. The van der Waals surface area contributed by atoms with Gasteiger partial charge in [0.1, 0.15) is 0 Å². The topological polar surface area (TPSA) is 12.0 Å². The lowest BCUT2D eigenvalue weighted by molar-refractivity contribution is 0.709. The third-order valence-corrected chi connectivity index (χ3v) is 4.91. The minimum atomic E-state index is 0.285. The van der Waals surface area contributed by atoms with Gasteiger partial charge in [-0.1, -0.05) is 18.5 Å². The minimum absolute atomic E-state index is 0.285. The van der Waals surface area contributed by atoms with Gasteiger partial charge in [0, 0.05) is 9.75 Å². The van der Waals surface area contributed by atoms with E-state index in [0.29, 0.717) is 0 Å². The van der Waals surface area contributed by atoms with Crippen LogP contribution in [0.4, 0.5) is 0 Å². The fourth-order valence-corrected chi connectivity index (χ4v) is 4.16. The first-order chi connectivity index (χ1) is 7.76. The molecule has 0 amide bonds. The minimum Gasteiger partial charge on any atom is -0.308 e. The summed E-state index contributed by atoms with van der Waals surface area (Å²) in [6.45, 7) is 2.19. The number of aryl methyl sites for hydroxylation is 1. The Hall–Kier alpha value is -0.350. The van der Waals surface area contributed by atoms with E-state index in [2.05, 4.69) is 29.8 Å². The number of hydrogen-bond donors (Lipinski definition) is 1. The largest absolute Gasteiger partial charge is 0.308 e. The molecule has 4 heteroatoms. The standard InChI is InChI=1S/C12H14ClNS2/c1-3-8-6-7-15-12(8)11(14-2)9-4-5-10(13)16-9/h4-7,11,14H,3H2,1-2H3. The number of halogens is 1. The summed E-state index contributed by atoms with van der Waals surface area (Å²) in [7, 11) is 2.00. The first-order valence-electron chi connectivity index (χ1n) is 5.25. The molecule has 1 unspecified atom stereocenters. The van der Waals surface area contributed by atoms with E-state index in [4.69, 9.17) is 11.6 Å². The highest BCUT2D eigenvalue weighted by atomic mass is 35.5. The molecule has 2 rings (SSSR count). The molecule has 2 aromatic rings. The van der Waals surface area contributed by atoms with Crippen molar-refractivity contribution in [2.75, 3.05) is 7.05 Å². The summed E-state index contributed by atoms with van der Waals surface area (Å²) in [4.78, 5) is 2.69. The van der Waals surface area contributed by atoms with Crippen LogP contribution in [-0.4, -0.2) is 7.05 Å². The van der Waals surface area contributed by atoms with Crippen LogP contribution in [0.25, 0.3) is 0 Å². The zero-order chi connectivity index (χ0) is 11.5. The highest BCUT2D eigenvalue weighted by Crippen LogP contribution is 2.34. The second-order valence-electron chi connectivity index (χ2n) is 3.53. The maximum absolute atomic E-state index is 5.99. The summed E-state index contributed by atoms with van der Waals surface area (Å²) in [5, 5.41) is 5.53. The lowest BCUT2D eigenvalue weighted by Crippen LogP contribution is -2.16. The number of rotatable bonds is 4. The molecule has 2 aromatic heterocycles. The summed E-state index contributed by atoms with van der Waals surface area (Å²) in [6, 6.07) is 6.56. The van der Waals surface area contributed by atoms with E-state index in [1.54, 1.807) is 11.3 Å². The molecule has 0 saturated carbocycles. The van der Waals surface area contributed by atoms with Gasteiger partial charge in [0.2, 0.25) is 0 Å². The Kier molecular flexibility index (Phi) is 4.03. The summed E-state index contributed by atoms with van der Waals surface area (Å²) in [5.74, 6) is 0. The Morgan fingerprint density at radius 3 is 2.75 bits per heavy atom. The predicted molar refractivity (Wildman–Crippen MR) is 73.9 cm³/mol. The third-order valence-electron chi connectivity index (χ3n) is 2.59. The lowest BCUT2D eigenvalue weighted by atomic mass is 10.1. The molecule has 0 radical (unpaired) electrons. The second-order valence-corrected chi connectivity index (χ2v) is 6.22. The summed E-state index contributed by atoms with van der Waals surface area (Å²) in [6.07, 6.45) is 1.08. The van der Waals surface area contributed by atoms with Crippen LogP contribution >= 0.6 is 34.3 Å². The van der Waals surface area contributed by atoms with Crippen LogP contribution in [-0.2, 0) is 6.42 Å². The van der Waals surface area contributed by atoms with Crippen molar-refractivity contribution < 1.29 is 0 Å². The van der Waals surface area contributed by atoms with Gasteiger partial charge in [0.15, 0.2) is 0 Å². The molecule has 0 bridgehead atoms. The van der Waals surface area contributed by atoms with E-state index in [0.717, 1.165) is 10.8 Å². The molecule has 0 aliphatic carbocycles. The van der Waals surface area contributed by atoms with Crippen LogP contribution in [0.3, 0.4) is 0 Å². The molecule has 0 aliphatic heterocycles. The van der Waals surface area contributed by atoms with Gasteiger partial charge in [-0.2, -0.15) is 0 Å². The Bertz CT molecular complexity index is 461. The van der Waals surface area contributed by atoms with Crippen molar-refractivity contribution in [3.05, 3.63) is 43.2 Å². The predicted octanol–water partition coefficient (Wildman–Crippen LogP) is 4.33. The molecular formula is C12H14ClNS2. The first-order valence-corrected chi connectivity index (χ1v) is 7.32. The average Bonchev–Trinajstić information content (AvgIpc) is 2.89. The normalized spacial score (nSPS) is 12.9. The van der Waals surface area contributed by atoms with Crippen LogP contribution in [0.5, 0.6) is 0 Å². The molecular weight excluding hydrogens is 258 g/mol. The van der Waals surface area contributed by atoms with E-state index in [-0.39, 0.29) is 6.04 Å². The summed E-state index contributed by atoms with van der Waals surface area (Å²) >= 11 is 9.45. The van der Waals surface area contributed by atoms with E-state index in [1.165, 1.54) is 15.3 Å². The van der Waals surface area contributed by atoms with E-state index in [9.17, 15) is 0 Å². The quantitative estimate of drug-likeness (QED) is 0.873. The van der Waals surface area contributed by atoms with Gasteiger partial charge in [0.05, 0.1) is 10.4 Å². The van der Waals surface area contributed by atoms with Crippen molar-refractivity contribution >= 4 is 34.3 Å². The Morgan fingerprint density at radius 1 is 1.38 bits per heavy atom. The molecule has 2 heterocycles. The Labute approximate surface area is 109 Å². The lowest BCUT2D eigenvalue weighted by Gasteiger charge is -2.14. The van der Waals surface area contributed by atoms with Gasteiger partial charge in [-0.05, 0) is 42.6 Å². The molecule has 0 spiro atoms. The smallest absolute Gasteiger partial charge is 0.0931 e. The molecule has 86 valence electrons. The van der Waals surface area contributed by atoms with Crippen LogP contribution < -0.4 is 5.32 Å². The van der Waals surface area contributed by atoms with Crippen molar-refractivity contribution in [1.29, 1.82) is 0 Å². The van der Waals surface area contributed by atoms with Gasteiger partial charge in [-0.3, -0.25) is 0 Å². The molecule has 1 N–H and O–H groups in total. The maximum atomic E-state index is 5.99. The van der Waals surface area contributed by atoms with Crippen LogP contribution in [0, 0.1) is 0 Å². The average molecular weight is 272 g/mol. The van der Waals surface area contributed by atoms with Gasteiger partial charge in [-0.25, -0.2) is 0 Å². The van der Waals surface area contributed by atoms with Crippen molar-refractivity contribution in [3.63, 3.8) is 0 Å². The molecule has 0 aliphatic rings. The maximum Gasteiger partial charge on any atom is 0.0931 e. The Morgan fingerprint density at radius 2 is 2.19 bits per heavy atom. The molecule has 16 heavy (non-hydrogen) atoms. The molecule has 1 atom stereocenters. The summed E-state index contributed by atoms with van der Waals surface area (Å²) < 4.78 is 0.852. The number of nitrogens with one attached hydrogen (secondary N) is 1. The van der Waals surface area contributed by atoms with Crippen LogP contribution in [0.15, 0.2) is 23.6 Å². The second kappa shape index (κ2) is 5.32. The monoisotopic (exact) mass is 271 g/mol. The van der Waals surface area contributed by atoms with Gasteiger partial charge >= 0.3 is 0 Å². The number of thiophene rings is 2. The SMILES string of the molecule is CCc1ccsc1C(NC)c1ccc(Cl)s1. The zero-order valence-corrected chi connectivity index (χ0v) is 11.7. The fourth-order valence-electron chi connectivity index (χ4n) is 1.78. The van der Waals surface area contributed by atoms with Crippen molar-refractivity contribution in [1.82, 2.24) is 5.32 Å². The fraction of sp³-hybridized carbons (Fsp3) is 0.333. The highest BCUT2D eigenvalue weighted by molar-refractivity contribution is 7.16. The van der Waals surface area contributed by atoms with Crippen LogP contribution in [0.2, 0.25) is 4.34 Å². The zero-order valence-electron chi connectivity index (χ0n) is 9.29. The summed E-state index contributed by atoms with van der Waals surface area (Å²) in [5.41, 5.74) is 1.42. The van der Waals surface area contributed by atoms with E-state index in [1.807, 2.05) is 24.5 Å². The molecule has 0 fully saturated rings. The molecule has 0 aromatic carbocycles. The highest BCUT2D eigenvalue weighted by Gasteiger charge is 2.18. The van der Waals surface area contributed by atoms with Crippen molar-refractivity contribution in [2.45, 2.75) is 19.4 Å². The Balaban J connectivity index is 2.36. The number of hydrogen-bond acceptors (Lipinski definition) is 3. The third kappa shape index (κ3) is 2.33. The van der Waals surface area contributed by atoms with Gasteiger partial charge in [0.25, 0.3) is 0 Å². The van der Waals surface area contributed by atoms with Gasteiger partial charge < -0.3 is 5.32 Å². The van der Waals surface area contributed by atoms with E-state index >= 15 is 0 Å². The van der Waals surface area contributed by atoms with E-state index < -0.39 is 0 Å². The van der Waals surface area contributed by atoms with Crippen molar-refractivity contribution in [3.8, 4) is 0 Å². The molecule has 0 saturated heterocycles. The molecule has 1 nitrogen and oxygen atoms in total. The van der Waals surface area contributed by atoms with Crippen molar-refractivity contribution in [2.24, 2.45) is 0 Å². The van der Waals surface area contributed by atoms with Gasteiger partial charge in [-0.15, -0.1) is 22.7 Å². The van der Waals surface area contributed by atoms with Crippen LogP contribution in [0.1, 0.15) is 28.3 Å².